The van der Waals surface area contributed by atoms with Crippen LogP contribution in [0.2, 0.25) is 0 Å². The first kappa shape index (κ1) is 15.0. The number of rotatable bonds is 6. The van der Waals surface area contributed by atoms with Crippen molar-refractivity contribution < 1.29 is 14.3 Å². The first-order valence-corrected chi connectivity index (χ1v) is 7.01. The van der Waals surface area contributed by atoms with Crippen molar-refractivity contribution in [1.29, 1.82) is 0 Å². The van der Waals surface area contributed by atoms with Crippen molar-refractivity contribution in [2.45, 2.75) is 19.8 Å². The molecule has 2 aromatic rings. The zero-order valence-corrected chi connectivity index (χ0v) is 12.0. The topological polar surface area (TPSA) is 43.4 Å². The SMILES string of the molecule is CCOC(=O)CC(=O)c1ccccc1Cc1ccccc1. The highest BCUT2D eigenvalue weighted by molar-refractivity contribution is 6.06. The van der Waals surface area contributed by atoms with Crippen LogP contribution in [0.5, 0.6) is 0 Å². The van der Waals surface area contributed by atoms with Crippen molar-refractivity contribution >= 4 is 11.8 Å². The van der Waals surface area contributed by atoms with E-state index in [2.05, 4.69) is 0 Å². The number of benzene rings is 2. The van der Waals surface area contributed by atoms with Gasteiger partial charge in [0.1, 0.15) is 6.42 Å². The highest BCUT2D eigenvalue weighted by Crippen LogP contribution is 2.16. The van der Waals surface area contributed by atoms with Crippen molar-refractivity contribution in [3.05, 3.63) is 71.3 Å². The summed E-state index contributed by atoms with van der Waals surface area (Å²) in [6.45, 7) is 2.02. The Hall–Kier alpha value is -2.42. The van der Waals surface area contributed by atoms with E-state index in [0.29, 0.717) is 12.0 Å². The molecule has 3 heteroatoms. The molecule has 0 atom stereocenters. The number of carbonyl (C=O) groups excluding carboxylic acids is 2. The van der Waals surface area contributed by atoms with Gasteiger partial charge in [0.05, 0.1) is 6.61 Å². The smallest absolute Gasteiger partial charge is 0.313 e. The van der Waals surface area contributed by atoms with Gasteiger partial charge in [-0.25, -0.2) is 0 Å². The molecule has 0 heterocycles. The molecule has 0 aliphatic heterocycles. The van der Waals surface area contributed by atoms with Crippen LogP contribution in [0.25, 0.3) is 0 Å². The standard InChI is InChI=1S/C18H18O3/c1-2-21-18(20)13-17(19)16-11-7-6-10-15(16)12-14-8-4-3-5-9-14/h3-11H,2,12-13H2,1H3. The monoisotopic (exact) mass is 282 g/mol. The summed E-state index contributed by atoms with van der Waals surface area (Å²) >= 11 is 0. The third kappa shape index (κ3) is 4.28. The molecule has 0 radical (unpaired) electrons. The lowest BCUT2D eigenvalue weighted by atomic mass is 9.96. The maximum atomic E-state index is 12.2. The third-order valence-electron chi connectivity index (χ3n) is 3.17. The van der Waals surface area contributed by atoms with Gasteiger partial charge in [-0.1, -0.05) is 54.6 Å². The van der Waals surface area contributed by atoms with Crippen molar-refractivity contribution in [1.82, 2.24) is 0 Å². The van der Waals surface area contributed by atoms with Crippen LogP contribution in [0, 0.1) is 0 Å². The maximum absolute atomic E-state index is 12.2. The van der Waals surface area contributed by atoms with E-state index in [9.17, 15) is 9.59 Å². The van der Waals surface area contributed by atoms with E-state index in [0.717, 1.165) is 11.1 Å². The fraction of sp³-hybridized carbons (Fsp3) is 0.222. The van der Waals surface area contributed by atoms with Crippen LogP contribution >= 0.6 is 0 Å². The fourth-order valence-electron chi connectivity index (χ4n) is 2.20. The van der Waals surface area contributed by atoms with Gasteiger partial charge in [-0.3, -0.25) is 9.59 Å². The highest BCUT2D eigenvalue weighted by atomic mass is 16.5. The molecular weight excluding hydrogens is 264 g/mol. The van der Waals surface area contributed by atoms with E-state index in [1.54, 1.807) is 13.0 Å². The normalized spacial score (nSPS) is 10.1. The van der Waals surface area contributed by atoms with E-state index < -0.39 is 5.97 Å². The molecule has 3 nitrogen and oxygen atoms in total. The van der Waals surface area contributed by atoms with Gasteiger partial charge in [-0.05, 0) is 24.5 Å². The number of ketones is 1. The van der Waals surface area contributed by atoms with E-state index in [-0.39, 0.29) is 18.8 Å². The minimum absolute atomic E-state index is 0.194. The van der Waals surface area contributed by atoms with E-state index in [1.165, 1.54) is 0 Å². The average Bonchev–Trinajstić information content (AvgIpc) is 2.49. The zero-order valence-electron chi connectivity index (χ0n) is 12.0. The Morgan fingerprint density at radius 2 is 1.62 bits per heavy atom. The van der Waals surface area contributed by atoms with Crippen LogP contribution in [-0.4, -0.2) is 18.4 Å². The number of ether oxygens (including phenoxy) is 1. The molecule has 0 aliphatic rings. The summed E-state index contributed by atoms with van der Waals surface area (Å²) in [5, 5.41) is 0. The van der Waals surface area contributed by atoms with Crippen LogP contribution in [-0.2, 0) is 16.0 Å². The summed E-state index contributed by atoms with van der Waals surface area (Å²) < 4.78 is 4.83. The molecule has 0 amide bonds. The minimum atomic E-state index is -0.475. The Balaban J connectivity index is 2.17. The van der Waals surface area contributed by atoms with E-state index in [4.69, 9.17) is 4.74 Å². The van der Waals surface area contributed by atoms with Gasteiger partial charge >= 0.3 is 5.97 Å². The van der Waals surface area contributed by atoms with Crippen molar-refractivity contribution in [3.63, 3.8) is 0 Å². The average molecular weight is 282 g/mol. The molecule has 0 aliphatic carbocycles. The zero-order chi connectivity index (χ0) is 15.1. The van der Waals surface area contributed by atoms with Crippen molar-refractivity contribution in [2.24, 2.45) is 0 Å². The number of carbonyl (C=O) groups is 2. The molecule has 0 unspecified atom stereocenters. The van der Waals surface area contributed by atoms with Crippen LogP contribution in [0.1, 0.15) is 34.8 Å². The van der Waals surface area contributed by atoms with Gasteiger partial charge in [0.2, 0.25) is 0 Å². The molecule has 2 aromatic carbocycles. The second-order valence-electron chi connectivity index (χ2n) is 4.72. The molecule has 0 saturated heterocycles. The van der Waals surface area contributed by atoms with Crippen LogP contribution in [0.15, 0.2) is 54.6 Å². The van der Waals surface area contributed by atoms with Gasteiger partial charge in [-0.15, -0.1) is 0 Å². The number of hydrogen-bond donors (Lipinski definition) is 0. The molecule has 0 aromatic heterocycles. The first-order valence-electron chi connectivity index (χ1n) is 7.01. The Kier molecular flexibility index (Phi) is 5.27. The van der Waals surface area contributed by atoms with Gasteiger partial charge < -0.3 is 4.74 Å². The molecule has 0 saturated carbocycles. The highest BCUT2D eigenvalue weighted by Gasteiger charge is 2.15. The first-order chi connectivity index (χ1) is 10.2. The Morgan fingerprint density at radius 1 is 0.952 bits per heavy atom. The third-order valence-corrected chi connectivity index (χ3v) is 3.17. The summed E-state index contributed by atoms with van der Waals surface area (Å²) in [5.74, 6) is -0.669. The maximum Gasteiger partial charge on any atom is 0.313 e. The second kappa shape index (κ2) is 7.39. The van der Waals surface area contributed by atoms with Gasteiger partial charge in [-0.2, -0.15) is 0 Å². The predicted octanol–water partition coefficient (Wildman–Crippen LogP) is 3.41. The summed E-state index contributed by atoms with van der Waals surface area (Å²) in [4.78, 5) is 23.7. The summed E-state index contributed by atoms with van der Waals surface area (Å²) in [6, 6.07) is 17.3. The Morgan fingerprint density at radius 3 is 2.33 bits per heavy atom. The molecule has 0 N–H and O–H groups in total. The lowest BCUT2D eigenvalue weighted by molar-refractivity contribution is -0.141. The summed E-state index contributed by atoms with van der Waals surface area (Å²) in [7, 11) is 0. The van der Waals surface area contributed by atoms with Crippen LogP contribution in [0.3, 0.4) is 0 Å². The lowest BCUT2D eigenvalue weighted by Crippen LogP contribution is -2.13. The van der Waals surface area contributed by atoms with Crippen molar-refractivity contribution in [2.75, 3.05) is 6.61 Å². The van der Waals surface area contributed by atoms with Crippen LogP contribution < -0.4 is 0 Å². The molecule has 21 heavy (non-hydrogen) atoms. The summed E-state index contributed by atoms with van der Waals surface area (Å²) in [5.41, 5.74) is 2.65. The number of esters is 1. The molecule has 0 fully saturated rings. The molecule has 0 bridgehead atoms. The second-order valence-corrected chi connectivity index (χ2v) is 4.72. The molecule has 2 rings (SSSR count). The fourth-order valence-corrected chi connectivity index (χ4v) is 2.20. The summed E-state index contributed by atoms with van der Waals surface area (Å²) in [6.07, 6.45) is 0.464. The van der Waals surface area contributed by atoms with E-state index >= 15 is 0 Å². The van der Waals surface area contributed by atoms with Gasteiger partial charge in [0.15, 0.2) is 5.78 Å². The Labute approximate surface area is 124 Å². The van der Waals surface area contributed by atoms with Gasteiger partial charge in [0.25, 0.3) is 0 Å². The van der Waals surface area contributed by atoms with E-state index in [1.807, 2.05) is 48.5 Å². The van der Waals surface area contributed by atoms with Gasteiger partial charge in [0, 0.05) is 5.56 Å². The van der Waals surface area contributed by atoms with Crippen LogP contribution in [0.4, 0.5) is 0 Å². The quantitative estimate of drug-likeness (QED) is 0.463. The number of hydrogen-bond acceptors (Lipinski definition) is 3. The largest absolute Gasteiger partial charge is 0.466 e. The number of Topliss-reactive ketones (excluding diaryl/α,β-unsaturated/α-hetero) is 1. The minimum Gasteiger partial charge on any atom is -0.466 e. The lowest BCUT2D eigenvalue weighted by Gasteiger charge is -2.08. The Bertz CT molecular complexity index is 617. The molecular formula is C18H18O3. The molecule has 0 spiro atoms. The predicted molar refractivity (Wildman–Crippen MR) is 81.3 cm³/mol. The van der Waals surface area contributed by atoms with Crippen molar-refractivity contribution in [3.8, 4) is 0 Å². The molecule has 108 valence electrons.